The summed E-state index contributed by atoms with van der Waals surface area (Å²) in [5.41, 5.74) is 1.24. The number of rotatable bonds is 3. The number of thiophene rings is 1. The van der Waals surface area contributed by atoms with Gasteiger partial charge in [0.25, 0.3) is 5.69 Å². The van der Waals surface area contributed by atoms with Crippen molar-refractivity contribution >= 4 is 34.4 Å². The third-order valence-electron chi connectivity index (χ3n) is 3.75. The number of carbonyl (C=O) groups is 1. The first-order valence-electron chi connectivity index (χ1n) is 6.61. The molecule has 0 saturated carbocycles. The first-order chi connectivity index (χ1) is 10.1. The molecule has 3 rings (SSSR count). The van der Waals surface area contributed by atoms with Crippen LogP contribution in [-0.4, -0.2) is 10.7 Å². The smallest absolute Gasteiger partial charge is 0.271 e. The topological polar surface area (TPSA) is 60.2 Å². The van der Waals surface area contributed by atoms with Crippen molar-refractivity contribution in [1.82, 2.24) is 0 Å². The van der Waals surface area contributed by atoms with E-state index in [1.807, 2.05) is 11.4 Å². The Morgan fingerprint density at radius 2 is 2.19 bits per heavy atom. The van der Waals surface area contributed by atoms with E-state index in [0.717, 1.165) is 24.8 Å². The number of halogens is 1. The molecule has 1 heterocycles. The molecule has 1 aliphatic carbocycles. The van der Waals surface area contributed by atoms with E-state index < -0.39 is 4.92 Å². The fourth-order valence-corrected chi connectivity index (χ4v) is 4.00. The summed E-state index contributed by atoms with van der Waals surface area (Å²) in [6.45, 7) is 0. The molecule has 21 heavy (non-hydrogen) atoms. The number of nitro groups is 1. The molecule has 1 aliphatic rings. The van der Waals surface area contributed by atoms with Gasteiger partial charge in [-0.3, -0.25) is 14.9 Å². The van der Waals surface area contributed by atoms with Gasteiger partial charge in [0.1, 0.15) is 0 Å². The quantitative estimate of drug-likeness (QED) is 0.471. The van der Waals surface area contributed by atoms with Crippen LogP contribution < -0.4 is 0 Å². The number of non-ortho nitro benzene ring substituents is 1. The highest BCUT2D eigenvalue weighted by atomic mass is 35.5. The molecule has 0 amide bonds. The van der Waals surface area contributed by atoms with Crippen LogP contribution in [0.1, 0.15) is 39.6 Å². The Morgan fingerprint density at radius 3 is 2.95 bits per heavy atom. The monoisotopic (exact) mass is 321 g/mol. The fourth-order valence-electron chi connectivity index (χ4n) is 2.78. The number of fused-ring (bicyclic) bond motifs is 1. The minimum atomic E-state index is -0.528. The van der Waals surface area contributed by atoms with Crippen LogP contribution in [0.25, 0.3) is 0 Å². The van der Waals surface area contributed by atoms with Gasteiger partial charge in [-0.2, -0.15) is 0 Å². The van der Waals surface area contributed by atoms with Crippen LogP contribution in [0.4, 0.5) is 5.69 Å². The molecule has 1 aromatic carbocycles. The van der Waals surface area contributed by atoms with Crippen LogP contribution in [0.2, 0.25) is 5.02 Å². The summed E-state index contributed by atoms with van der Waals surface area (Å²) in [6, 6.07) is 6.07. The number of hydrogen-bond acceptors (Lipinski definition) is 4. The third-order valence-corrected chi connectivity index (χ3v) is 4.96. The van der Waals surface area contributed by atoms with Gasteiger partial charge in [-0.25, -0.2) is 0 Å². The average molecular weight is 322 g/mol. The van der Waals surface area contributed by atoms with E-state index in [4.69, 9.17) is 11.6 Å². The minimum absolute atomic E-state index is 0.0834. The lowest BCUT2D eigenvalue weighted by Crippen LogP contribution is -2.17. The molecule has 108 valence electrons. The van der Waals surface area contributed by atoms with Crippen LogP contribution >= 0.6 is 22.9 Å². The van der Waals surface area contributed by atoms with E-state index in [2.05, 4.69) is 0 Å². The highest BCUT2D eigenvalue weighted by Gasteiger charge is 2.29. The summed E-state index contributed by atoms with van der Waals surface area (Å²) in [5, 5.41) is 13.1. The lowest BCUT2D eigenvalue weighted by Gasteiger charge is -2.21. The molecule has 0 N–H and O–H groups in total. The van der Waals surface area contributed by atoms with Gasteiger partial charge in [0, 0.05) is 33.5 Å². The van der Waals surface area contributed by atoms with Crippen molar-refractivity contribution in [3.05, 3.63) is 60.8 Å². The number of nitrogens with zero attached hydrogens (tertiary/aromatic N) is 1. The average Bonchev–Trinajstić information content (AvgIpc) is 2.94. The maximum Gasteiger partial charge on any atom is 0.271 e. The van der Waals surface area contributed by atoms with Gasteiger partial charge in [0.05, 0.1) is 4.92 Å². The highest BCUT2D eigenvalue weighted by molar-refractivity contribution is 7.10. The molecular weight excluding hydrogens is 310 g/mol. The summed E-state index contributed by atoms with van der Waals surface area (Å²) in [7, 11) is 0. The Morgan fingerprint density at radius 1 is 1.38 bits per heavy atom. The fraction of sp³-hybridized carbons (Fsp3) is 0.267. The van der Waals surface area contributed by atoms with Crippen molar-refractivity contribution < 1.29 is 9.72 Å². The number of Topliss-reactive ketones (excluding diaryl/α,β-unsaturated/α-hetero) is 1. The van der Waals surface area contributed by atoms with E-state index in [9.17, 15) is 14.9 Å². The molecular formula is C15H12ClNO3S. The lowest BCUT2D eigenvalue weighted by molar-refractivity contribution is -0.384. The number of aryl methyl sites for hydroxylation is 1. The van der Waals surface area contributed by atoms with Gasteiger partial charge in [-0.15, -0.1) is 11.3 Å². The Labute approximate surface area is 130 Å². The van der Waals surface area contributed by atoms with Crippen LogP contribution in [-0.2, 0) is 6.42 Å². The van der Waals surface area contributed by atoms with Crippen LogP contribution in [0.15, 0.2) is 29.6 Å². The summed E-state index contributed by atoms with van der Waals surface area (Å²) in [6.07, 6.45) is 2.75. The lowest BCUT2D eigenvalue weighted by atomic mass is 9.82. The number of carbonyl (C=O) groups excluding carboxylic acids is 1. The second kappa shape index (κ2) is 5.58. The van der Waals surface area contributed by atoms with Gasteiger partial charge in [-0.05, 0) is 42.3 Å². The van der Waals surface area contributed by atoms with Crippen molar-refractivity contribution in [3.8, 4) is 0 Å². The van der Waals surface area contributed by atoms with Crippen molar-refractivity contribution in [3.63, 3.8) is 0 Å². The molecule has 0 bridgehead atoms. The largest absolute Gasteiger partial charge is 0.293 e. The molecule has 6 heteroatoms. The van der Waals surface area contributed by atoms with Crippen molar-refractivity contribution in [1.29, 1.82) is 0 Å². The summed E-state index contributed by atoms with van der Waals surface area (Å²) in [5.74, 6) is -0.293. The Bertz CT molecular complexity index is 725. The van der Waals surface area contributed by atoms with Gasteiger partial charge in [0.15, 0.2) is 5.78 Å². The van der Waals surface area contributed by atoms with Gasteiger partial charge >= 0.3 is 0 Å². The predicted octanol–water partition coefficient (Wildman–Crippen LogP) is 4.61. The maximum absolute atomic E-state index is 12.7. The van der Waals surface area contributed by atoms with E-state index in [-0.39, 0.29) is 22.4 Å². The number of hydrogen-bond donors (Lipinski definition) is 0. The SMILES string of the molecule is O=C(c1cc(Cl)cc([N+](=O)[O-])c1)C1CCCc2sccc21. The third kappa shape index (κ3) is 2.71. The maximum atomic E-state index is 12.7. The Kier molecular flexibility index (Phi) is 3.78. The number of benzene rings is 1. The molecule has 0 radical (unpaired) electrons. The van der Waals surface area contributed by atoms with E-state index in [1.54, 1.807) is 11.3 Å². The summed E-state index contributed by atoms with van der Waals surface area (Å²) in [4.78, 5) is 24.3. The Balaban J connectivity index is 1.99. The molecule has 1 unspecified atom stereocenters. The zero-order chi connectivity index (χ0) is 15.0. The van der Waals surface area contributed by atoms with Crippen molar-refractivity contribution in [2.45, 2.75) is 25.2 Å². The standard InChI is InChI=1S/C15H12ClNO3S/c16-10-6-9(7-11(8-10)17(19)20)15(18)13-2-1-3-14-12(13)4-5-21-14/h4-8,13H,1-3H2. The van der Waals surface area contributed by atoms with Crippen LogP contribution in [0, 0.1) is 10.1 Å². The second-order valence-corrected chi connectivity index (χ2v) is 6.50. The normalized spacial score (nSPS) is 17.3. The molecule has 1 atom stereocenters. The molecule has 1 aromatic heterocycles. The zero-order valence-electron chi connectivity index (χ0n) is 11.0. The predicted molar refractivity (Wildman–Crippen MR) is 82.4 cm³/mol. The van der Waals surface area contributed by atoms with Crippen molar-refractivity contribution in [2.24, 2.45) is 0 Å². The second-order valence-electron chi connectivity index (χ2n) is 5.06. The summed E-state index contributed by atoms with van der Waals surface area (Å²) < 4.78 is 0. The first kappa shape index (κ1) is 14.2. The van der Waals surface area contributed by atoms with E-state index in [0.29, 0.717) is 5.56 Å². The molecule has 0 spiro atoms. The zero-order valence-corrected chi connectivity index (χ0v) is 12.6. The molecule has 0 aliphatic heterocycles. The molecule has 2 aromatic rings. The highest BCUT2D eigenvalue weighted by Crippen LogP contribution is 2.37. The Hall–Kier alpha value is -1.72. The van der Waals surface area contributed by atoms with Gasteiger partial charge in [-0.1, -0.05) is 11.6 Å². The van der Waals surface area contributed by atoms with Gasteiger partial charge < -0.3 is 0 Å². The van der Waals surface area contributed by atoms with Gasteiger partial charge in [0.2, 0.25) is 0 Å². The molecule has 0 fully saturated rings. The van der Waals surface area contributed by atoms with Crippen LogP contribution in [0.3, 0.4) is 0 Å². The van der Waals surface area contributed by atoms with Crippen molar-refractivity contribution in [2.75, 3.05) is 0 Å². The molecule has 0 saturated heterocycles. The van der Waals surface area contributed by atoms with E-state index in [1.165, 1.54) is 23.1 Å². The van der Waals surface area contributed by atoms with E-state index >= 15 is 0 Å². The molecule has 4 nitrogen and oxygen atoms in total. The first-order valence-corrected chi connectivity index (χ1v) is 7.87. The summed E-state index contributed by atoms with van der Waals surface area (Å²) >= 11 is 7.57. The minimum Gasteiger partial charge on any atom is -0.293 e. The number of ketones is 1. The number of nitro benzene ring substituents is 1. The van der Waals surface area contributed by atoms with Crippen LogP contribution in [0.5, 0.6) is 0 Å².